The van der Waals surface area contributed by atoms with Gasteiger partial charge >= 0.3 is 0 Å². The first-order valence-corrected chi connectivity index (χ1v) is 6.51. The maximum atomic E-state index is 11.9. The Bertz CT molecular complexity index is 296. The molecule has 17 heavy (non-hydrogen) atoms. The number of amides is 1. The quantitative estimate of drug-likeness (QED) is 0.730. The van der Waals surface area contributed by atoms with Crippen molar-refractivity contribution in [1.29, 1.82) is 0 Å². The summed E-state index contributed by atoms with van der Waals surface area (Å²) in [6, 6.07) is 0. The molecule has 0 aromatic carbocycles. The third-order valence-corrected chi connectivity index (χ3v) is 4.08. The van der Waals surface area contributed by atoms with Crippen molar-refractivity contribution >= 4 is 23.1 Å². The van der Waals surface area contributed by atoms with Crippen molar-refractivity contribution in [2.75, 3.05) is 26.7 Å². The molecule has 1 aliphatic heterocycles. The second-order valence-electron chi connectivity index (χ2n) is 5.45. The van der Waals surface area contributed by atoms with E-state index < -0.39 is 5.41 Å². The number of likely N-dealkylation sites (tertiary alicyclic amines) is 1. The Labute approximate surface area is 109 Å². The monoisotopic (exact) mass is 257 g/mol. The Hall–Kier alpha value is -0.680. The van der Waals surface area contributed by atoms with Crippen LogP contribution in [0.1, 0.15) is 26.7 Å². The minimum Gasteiger partial charge on any atom is -0.392 e. The highest BCUT2D eigenvalue weighted by Crippen LogP contribution is 2.18. The van der Waals surface area contributed by atoms with Crippen LogP contribution in [-0.4, -0.2) is 42.5 Å². The first-order valence-electron chi connectivity index (χ1n) is 6.10. The number of thiocarbonyl (C=S) groups is 1. The van der Waals surface area contributed by atoms with Gasteiger partial charge in [-0.3, -0.25) is 4.79 Å². The molecular weight excluding hydrogens is 234 g/mol. The van der Waals surface area contributed by atoms with Crippen molar-refractivity contribution < 1.29 is 4.79 Å². The highest BCUT2D eigenvalue weighted by Gasteiger charge is 2.31. The molecule has 1 amide bonds. The van der Waals surface area contributed by atoms with Crippen LogP contribution in [-0.2, 0) is 4.79 Å². The number of rotatable bonds is 4. The summed E-state index contributed by atoms with van der Waals surface area (Å²) >= 11 is 4.90. The summed E-state index contributed by atoms with van der Waals surface area (Å²) in [6.45, 7) is 6.48. The number of hydrogen-bond acceptors (Lipinski definition) is 3. The van der Waals surface area contributed by atoms with Crippen LogP contribution in [0.15, 0.2) is 0 Å². The zero-order valence-electron chi connectivity index (χ0n) is 11.0. The van der Waals surface area contributed by atoms with Crippen molar-refractivity contribution in [3.05, 3.63) is 0 Å². The van der Waals surface area contributed by atoms with E-state index >= 15 is 0 Å². The van der Waals surface area contributed by atoms with Gasteiger partial charge in [0.1, 0.15) is 0 Å². The van der Waals surface area contributed by atoms with Gasteiger partial charge in [0.2, 0.25) is 5.91 Å². The number of nitrogens with one attached hydrogen (secondary N) is 1. The van der Waals surface area contributed by atoms with Crippen LogP contribution >= 0.6 is 12.2 Å². The number of carbonyl (C=O) groups is 1. The Morgan fingerprint density at radius 2 is 2.00 bits per heavy atom. The topological polar surface area (TPSA) is 58.4 Å². The fraction of sp³-hybridized carbons (Fsp3) is 0.833. The number of nitrogens with zero attached hydrogens (tertiary/aromatic N) is 1. The number of nitrogens with two attached hydrogens (primary N) is 1. The lowest BCUT2D eigenvalue weighted by Crippen LogP contribution is -2.47. The summed E-state index contributed by atoms with van der Waals surface area (Å²) in [5.74, 6) is 0.515. The zero-order chi connectivity index (χ0) is 13.1. The van der Waals surface area contributed by atoms with Gasteiger partial charge in [-0.1, -0.05) is 12.2 Å². The fourth-order valence-corrected chi connectivity index (χ4v) is 1.93. The average molecular weight is 257 g/mol. The summed E-state index contributed by atoms with van der Waals surface area (Å²) in [6.07, 6.45) is 2.29. The van der Waals surface area contributed by atoms with Crippen LogP contribution in [0.3, 0.4) is 0 Å². The van der Waals surface area contributed by atoms with E-state index in [9.17, 15) is 4.79 Å². The molecule has 1 saturated heterocycles. The minimum atomic E-state index is -0.749. The van der Waals surface area contributed by atoms with E-state index in [0.29, 0.717) is 5.92 Å². The smallest absolute Gasteiger partial charge is 0.232 e. The highest BCUT2D eigenvalue weighted by molar-refractivity contribution is 7.80. The van der Waals surface area contributed by atoms with Gasteiger partial charge in [0, 0.05) is 6.54 Å². The Morgan fingerprint density at radius 1 is 1.47 bits per heavy atom. The predicted octanol–water partition coefficient (Wildman–Crippen LogP) is 0.757. The van der Waals surface area contributed by atoms with Gasteiger partial charge in [-0.15, -0.1) is 0 Å². The number of hydrogen-bond donors (Lipinski definition) is 2. The van der Waals surface area contributed by atoms with E-state index in [-0.39, 0.29) is 10.9 Å². The SMILES string of the molecule is CN1CCC(CNC(=O)C(C)(C)C(N)=S)CC1. The van der Waals surface area contributed by atoms with Gasteiger partial charge in [0.15, 0.2) is 0 Å². The highest BCUT2D eigenvalue weighted by atomic mass is 32.1. The molecule has 98 valence electrons. The van der Waals surface area contributed by atoms with Gasteiger partial charge < -0.3 is 16.0 Å². The minimum absolute atomic E-state index is 0.0658. The van der Waals surface area contributed by atoms with E-state index in [1.165, 1.54) is 0 Å². The molecule has 1 heterocycles. The van der Waals surface area contributed by atoms with Crippen molar-refractivity contribution in [3.63, 3.8) is 0 Å². The molecule has 5 heteroatoms. The van der Waals surface area contributed by atoms with Gasteiger partial charge in [-0.25, -0.2) is 0 Å². The standard InChI is InChI=1S/C12H23N3OS/c1-12(2,10(13)17)11(16)14-8-9-4-6-15(3)7-5-9/h9H,4-8H2,1-3H3,(H2,13,17)(H,14,16). The van der Waals surface area contributed by atoms with Gasteiger partial charge in [-0.05, 0) is 52.7 Å². The predicted molar refractivity (Wildman–Crippen MR) is 73.8 cm³/mol. The first kappa shape index (κ1) is 14.4. The summed E-state index contributed by atoms with van der Waals surface area (Å²) in [7, 11) is 2.13. The Kier molecular flexibility index (Phi) is 4.89. The molecule has 0 spiro atoms. The summed E-state index contributed by atoms with van der Waals surface area (Å²) in [4.78, 5) is 14.5. The average Bonchev–Trinajstić information content (AvgIpc) is 2.27. The van der Waals surface area contributed by atoms with Crippen molar-refractivity contribution in [3.8, 4) is 0 Å². The molecule has 1 rings (SSSR count). The van der Waals surface area contributed by atoms with Crippen LogP contribution in [0.4, 0.5) is 0 Å². The van der Waals surface area contributed by atoms with Crippen LogP contribution in [0.2, 0.25) is 0 Å². The van der Waals surface area contributed by atoms with E-state index in [1.807, 2.05) is 0 Å². The maximum Gasteiger partial charge on any atom is 0.232 e. The molecule has 0 aromatic rings. The molecule has 0 aliphatic carbocycles. The van der Waals surface area contributed by atoms with Crippen molar-refractivity contribution in [2.45, 2.75) is 26.7 Å². The largest absolute Gasteiger partial charge is 0.392 e. The molecule has 1 aliphatic rings. The normalized spacial score (nSPS) is 19.0. The third kappa shape index (κ3) is 3.92. The summed E-state index contributed by atoms with van der Waals surface area (Å²) < 4.78 is 0. The molecule has 3 N–H and O–H groups in total. The zero-order valence-corrected chi connectivity index (χ0v) is 11.8. The fourth-order valence-electron chi connectivity index (χ4n) is 1.84. The second-order valence-corrected chi connectivity index (χ2v) is 5.89. The van der Waals surface area contributed by atoms with Crippen molar-refractivity contribution in [1.82, 2.24) is 10.2 Å². The molecule has 0 saturated carbocycles. The molecule has 0 aromatic heterocycles. The molecule has 1 fully saturated rings. The van der Waals surface area contributed by atoms with E-state index in [4.69, 9.17) is 18.0 Å². The molecular formula is C12H23N3OS. The second kappa shape index (κ2) is 5.78. The van der Waals surface area contributed by atoms with Gasteiger partial charge in [0.05, 0.1) is 10.4 Å². The van der Waals surface area contributed by atoms with Crippen LogP contribution in [0, 0.1) is 11.3 Å². The van der Waals surface area contributed by atoms with Crippen LogP contribution in [0.5, 0.6) is 0 Å². The van der Waals surface area contributed by atoms with E-state index in [0.717, 1.165) is 32.5 Å². The molecule has 0 unspecified atom stereocenters. The summed E-state index contributed by atoms with van der Waals surface area (Å²) in [5.41, 5.74) is 4.81. The molecule has 4 nitrogen and oxygen atoms in total. The maximum absolute atomic E-state index is 11.9. The number of carbonyl (C=O) groups excluding carboxylic acids is 1. The molecule has 0 bridgehead atoms. The molecule has 0 radical (unpaired) electrons. The van der Waals surface area contributed by atoms with E-state index in [1.54, 1.807) is 13.8 Å². The lowest BCUT2D eigenvalue weighted by molar-refractivity contribution is -0.126. The molecule has 0 atom stereocenters. The summed E-state index contributed by atoms with van der Waals surface area (Å²) in [5, 5.41) is 2.96. The lowest BCUT2D eigenvalue weighted by Gasteiger charge is -2.30. The Morgan fingerprint density at radius 3 is 2.47 bits per heavy atom. The van der Waals surface area contributed by atoms with Crippen LogP contribution in [0.25, 0.3) is 0 Å². The van der Waals surface area contributed by atoms with Crippen LogP contribution < -0.4 is 11.1 Å². The van der Waals surface area contributed by atoms with Gasteiger partial charge in [0.25, 0.3) is 0 Å². The van der Waals surface area contributed by atoms with E-state index in [2.05, 4.69) is 17.3 Å². The van der Waals surface area contributed by atoms with Crippen molar-refractivity contribution in [2.24, 2.45) is 17.1 Å². The number of piperidine rings is 1. The Balaban J connectivity index is 2.36. The lowest BCUT2D eigenvalue weighted by atomic mass is 9.91. The third-order valence-electron chi connectivity index (χ3n) is 3.57. The van der Waals surface area contributed by atoms with Gasteiger partial charge in [-0.2, -0.15) is 0 Å². The first-order chi connectivity index (χ1) is 7.84.